The van der Waals surface area contributed by atoms with Gasteiger partial charge in [0.15, 0.2) is 0 Å². The van der Waals surface area contributed by atoms with Gasteiger partial charge in [-0.15, -0.1) is 0 Å². The fraction of sp³-hybridized carbons (Fsp3) is 0.0357. The second-order valence-corrected chi connectivity index (χ2v) is 7.93. The lowest BCUT2D eigenvalue weighted by Gasteiger charge is -2.12. The number of anilines is 5. The molecule has 0 aliphatic rings. The number of carbonyl (C=O) groups is 1. The quantitative estimate of drug-likeness (QED) is 0.272. The highest BCUT2D eigenvalue weighted by Gasteiger charge is 2.09. The van der Waals surface area contributed by atoms with Crippen LogP contribution in [-0.2, 0) is 0 Å². The molecule has 0 spiro atoms. The average Bonchev–Trinajstić information content (AvgIpc) is 2.86. The van der Waals surface area contributed by atoms with Gasteiger partial charge in [0.1, 0.15) is 0 Å². The summed E-state index contributed by atoms with van der Waals surface area (Å²) < 4.78 is 0. The summed E-state index contributed by atoms with van der Waals surface area (Å²) in [6, 6.07) is 28.8. The van der Waals surface area contributed by atoms with Crippen LogP contribution in [0.1, 0.15) is 16.1 Å². The first-order valence-electron chi connectivity index (χ1n) is 11.0. The van der Waals surface area contributed by atoms with Crippen LogP contribution >= 0.6 is 0 Å². The zero-order valence-electron chi connectivity index (χ0n) is 18.6. The highest BCUT2D eigenvalue weighted by Crippen LogP contribution is 2.27. The first-order chi connectivity index (χ1) is 16.6. The fourth-order valence-corrected chi connectivity index (χ4v) is 3.75. The van der Waals surface area contributed by atoms with Crippen molar-refractivity contribution in [3.05, 3.63) is 115 Å². The summed E-state index contributed by atoms with van der Waals surface area (Å²) in [7, 11) is 0. The highest BCUT2D eigenvalue weighted by molar-refractivity contribution is 6.05. The summed E-state index contributed by atoms with van der Waals surface area (Å²) in [5.41, 5.74) is 6.82. The van der Waals surface area contributed by atoms with E-state index in [0.717, 1.165) is 45.0 Å². The van der Waals surface area contributed by atoms with Gasteiger partial charge in [0.2, 0.25) is 0 Å². The van der Waals surface area contributed by atoms with E-state index in [9.17, 15) is 4.79 Å². The van der Waals surface area contributed by atoms with Gasteiger partial charge in [0, 0.05) is 57.5 Å². The van der Waals surface area contributed by atoms with Gasteiger partial charge >= 0.3 is 0 Å². The van der Waals surface area contributed by atoms with E-state index in [1.165, 1.54) is 0 Å². The Morgan fingerprint density at radius 2 is 1.44 bits per heavy atom. The van der Waals surface area contributed by atoms with Gasteiger partial charge in [-0.3, -0.25) is 14.8 Å². The standard InChI is InChI=1S/C28H23N5O/c1-19-17-27(25-7-2-3-8-26(25)30-19)32-24-6-4-5-20(18-24)28(34)33-22-11-9-21(10-12-22)31-23-13-15-29-16-14-23/h2-18H,1H3,(H,29,31)(H,30,32)(H,33,34). The summed E-state index contributed by atoms with van der Waals surface area (Å²) in [5, 5.41) is 10.7. The zero-order chi connectivity index (χ0) is 23.3. The van der Waals surface area contributed by atoms with E-state index < -0.39 is 0 Å². The molecule has 6 heteroatoms. The van der Waals surface area contributed by atoms with Gasteiger partial charge in [-0.25, -0.2) is 0 Å². The number of benzene rings is 3. The summed E-state index contributed by atoms with van der Waals surface area (Å²) >= 11 is 0. The Morgan fingerprint density at radius 3 is 2.26 bits per heavy atom. The molecule has 0 aliphatic heterocycles. The average molecular weight is 446 g/mol. The summed E-state index contributed by atoms with van der Waals surface area (Å²) in [6.07, 6.45) is 3.47. The molecule has 2 heterocycles. The van der Waals surface area contributed by atoms with Gasteiger partial charge in [-0.2, -0.15) is 0 Å². The number of para-hydroxylation sites is 1. The fourth-order valence-electron chi connectivity index (χ4n) is 3.75. The van der Waals surface area contributed by atoms with Crippen LogP contribution in [0.5, 0.6) is 0 Å². The van der Waals surface area contributed by atoms with Gasteiger partial charge in [0.05, 0.1) is 5.52 Å². The lowest BCUT2D eigenvalue weighted by molar-refractivity contribution is 0.102. The molecular formula is C28H23N5O. The Hall–Kier alpha value is -4.71. The van der Waals surface area contributed by atoms with Crippen molar-refractivity contribution in [3.8, 4) is 0 Å². The Balaban J connectivity index is 1.29. The van der Waals surface area contributed by atoms with Gasteiger partial charge < -0.3 is 16.0 Å². The van der Waals surface area contributed by atoms with Crippen LogP contribution < -0.4 is 16.0 Å². The second kappa shape index (κ2) is 9.42. The van der Waals surface area contributed by atoms with Crippen molar-refractivity contribution in [2.45, 2.75) is 6.92 Å². The molecule has 0 fully saturated rings. The topological polar surface area (TPSA) is 78.9 Å². The number of nitrogens with zero attached hydrogens (tertiary/aromatic N) is 2. The molecule has 34 heavy (non-hydrogen) atoms. The molecule has 166 valence electrons. The number of pyridine rings is 2. The number of aromatic nitrogens is 2. The van der Waals surface area contributed by atoms with E-state index in [1.807, 2.05) is 91.9 Å². The Kier molecular flexibility index (Phi) is 5.86. The predicted octanol–water partition coefficient (Wildman–Crippen LogP) is 6.68. The summed E-state index contributed by atoms with van der Waals surface area (Å²) in [4.78, 5) is 21.5. The van der Waals surface area contributed by atoms with Gasteiger partial charge in [0.25, 0.3) is 5.91 Å². The normalized spacial score (nSPS) is 10.6. The Bertz CT molecular complexity index is 1450. The Labute approximate surface area is 197 Å². The molecule has 2 aromatic heterocycles. The maximum atomic E-state index is 12.9. The monoisotopic (exact) mass is 445 g/mol. The second-order valence-electron chi connectivity index (χ2n) is 7.93. The first kappa shape index (κ1) is 21.2. The lowest BCUT2D eigenvalue weighted by atomic mass is 10.1. The number of aryl methyl sites for hydroxylation is 1. The van der Waals surface area contributed by atoms with E-state index in [0.29, 0.717) is 5.56 Å². The number of hydrogen-bond donors (Lipinski definition) is 3. The third-order valence-corrected chi connectivity index (χ3v) is 5.36. The van der Waals surface area contributed by atoms with Crippen molar-refractivity contribution in [1.82, 2.24) is 9.97 Å². The van der Waals surface area contributed by atoms with Crippen molar-refractivity contribution < 1.29 is 4.79 Å². The molecule has 0 aliphatic carbocycles. The number of hydrogen-bond acceptors (Lipinski definition) is 5. The Morgan fingerprint density at radius 1 is 0.706 bits per heavy atom. The maximum absolute atomic E-state index is 12.9. The van der Waals surface area contributed by atoms with Crippen LogP contribution in [0.15, 0.2) is 103 Å². The van der Waals surface area contributed by atoms with Crippen LogP contribution in [0, 0.1) is 6.92 Å². The van der Waals surface area contributed by atoms with E-state index in [2.05, 4.69) is 25.9 Å². The third kappa shape index (κ3) is 4.86. The van der Waals surface area contributed by atoms with Gasteiger partial charge in [-0.1, -0.05) is 24.3 Å². The minimum atomic E-state index is -0.172. The molecule has 0 saturated carbocycles. The van der Waals surface area contributed by atoms with E-state index >= 15 is 0 Å². The first-order valence-corrected chi connectivity index (χ1v) is 11.0. The summed E-state index contributed by atoms with van der Waals surface area (Å²) in [5.74, 6) is -0.172. The zero-order valence-corrected chi connectivity index (χ0v) is 18.6. The van der Waals surface area contributed by atoms with E-state index in [4.69, 9.17) is 0 Å². The van der Waals surface area contributed by atoms with Crippen molar-refractivity contribution in [2.75, 3.05) is 16.0 Å². The predicted molar refractivity (Wildman–Crippen MR) is 138 cm³/mol. The van der Waals surface area contributed by atoms with Crippen molar-refractivity contribution in [1.29, 1.82) is 0 Å². The summed E-state index contributed by atoms with van der Waals surface area (Å²) in [6.45, 7) is 1.97. The van der Waals surface area contributed by atoms with E-state index in [-0.39, 0.29) is 5.91 Å². The molecule has 3 aromatic carbocycles. The lowest BCUT2D eigenvalue weighted by Crippen LogP contribution is -2.12. The molecule has 5 rings (SSSR count). The molecule has 0 atom stereocenters. The molecule has 6 nitrogen and oxygen atoms in total. The minimum absolute atomic E-state index is 0.172. The van der Waals surface area contributed by atoms with Crippen LogP contribution in [0.2, 0.25) is 0 Å². The SMILES string of the molecule is Cc1cc(Nc2cccc(C(=O)Nc3ccc(Nc4ccncc4)cc3)c2)c2ccccc2n1. The van der Waals surface area contributed by atoms with Gasteiger partial charge in [-0.05, 0) is 73.7 Å². The third-order valence-electron chi connectivity index (χ3n) is 5.36. The van der Waals surface area contributed by atoms with Crippen LogP contribution in [0.4, 0.5) is 28.4 Å². The molecule has 5 aromatic rings. The largest absolute Gasteiger partial charge is 0.355 e. The number of fused-ring (bicyclic) bond motifs is 1. The molecular weight excluding hydrogens is 422 g/mol. The van der Waals surface area contributed by atoms with Crippen LogP contribution in [0.25, 0.3) is 10.9 Å². The molecule has 3 N–H and O–H groups in total. The number of carbonyl (C=O) groups excluding carboxylic acids is 1. The van der Waals surface area contributed by atoms with E-state index in [1.54, 1.807) is 18.5 Å². The van der Waals surface area contributed by atoms with Crippen LogP contribution in [-0.4, -0.2) is 15.9 Å². The van der Waals surface area contributed by atoms with Crippen molar-refractivity contribution >= 4 is 45.2 Å². The molecule has 0 bridgehead atoms. The molecule has 0 saturated heterocycles. The molecule has 1 amide bonds. The van der Waals surface area contributed by atoms with Crippen molar-refractivity contribution in [2.24, 2.45) is 0 Å². The number of rotatable bonds is 6. The molecule has 0 unspecified atom stereocenters. The maximum Gasteiger partial charge on any atom is 0.255 e. The molecule has 0 radical (unpaired) electrons. The minimum Gasteiger partial charge on any atom is -0.355 e. The number of amides is 1. The smallest absolute Gasteiger partial charge is 0.255 e. The van der Waals surface area contributed by atoms with Crippen LogP contribution in [0.3, 0.4) is 0 Å². The van der Waals surface area contributed by atoms with Crippen molar-refractivity contribution in [3.63, 3.8) is 0 Å². The highest BCUT2D eigenvalue weighted by atomic mass is 16.1. The number of nitrogens with one attached hydrogen (secondary N) is 3.